The average molecular weight is 394 g/mol. The first kappa shape index (κ1) is 19.9. The van der Waals surface area contributed by atoms with E-state index in [1.54, 1.807) is 6.07 Å². The fraction of sp³-hybridized carbons (Fsp3) is 0.609. The smallest absolute Gasteiger partial charge is 0.303 e. The highest BCUT2D eigenvalue weighted by atomic mass is 16.1. The Kier molecular flexibility index (Phi) is 6.15. The van der Waals surface area contributed by atoms with E-state index in [1.165, 1.54) is 43.2 Å². The number of aryl methyl sites for hydroxylation is 1. The molecule has 1 aliphatic carbocycles. The van der Waals surface area contributed by atoms with Gasteiger partial charge in [-0.1, -0.05) is 38.2 Å². The van der Waals surface area contributed by atoms with Crippen molar-refractivity contribution in [1.29, 1.82) is 5.26 Å². The quantitative estimate of drug-likeness (QED) is 0.836. The molecular weight excluding hydrogens is 362 g/mol. The number of hydrogen-bond donors (Lipinski definition) is 1. The number of nitrogens with zero attached hydrogens (tertiary/aromatic N) is 4. The molecular formula is C23H31N5O. The molecule has 1 aromatic carbocycles. The molecule has 1 aliphatic heterocycles. The molecule has 2 fully saturated rings. The number of nitriles is 1. The van der Waals surface area contributed by atoms with Gasteiger partial charge in [-0.15, -0.1) is 5.10 Å². The lowest BCUT2D eigenvalue weighted by atomic mass is 9.86. The summed E-state index contributed by atoms with van der Waals surface area (Å²) in [6, 6.07) is 7.63. The van der Waals surface area contributed by atoms with Gasteiger partial charge < -0.3 is 4.90 Å². The van der Waals surface area contributed by atoms with Gasteiger partial charge >= 0.3 is 5.69 Å². The van der Waals surface area contributed by atoms with E-state index in [4.69, 9.17) is 0 Å². The largest absolute Gasteiger partial charge is 0.348 e. The monoisotopic (exact) mass is 393 g/mol. The summed E-state index contributed by atoms with van der Waals surface area (Å²) in [5.74, 6) is 1.94. The van der Waals surface area contributed by atoms with Crippen LogP contribution in [0.3, 0.4) is 0 Å². The summed E-state index contributed by atoms with van der Waals surface area (Å²) in [6.45, 7) is 5.18. The molecule has 0 spiro atoms. The predicted molar refractivity (Wildman–Crippen MR) is 113 cm³/mol. The molecule has 29 heavy (non-hydrogen) atoms. The zero-order chi connectivity index (χ0) is 20.2. The summed E-state index contributed by atoms with van der Waals surface area (Å²) in [5, 5.41) is 13.9. The molecule has 0 bridgehead atoms. The molecule has 1 saturated carbocycles. The van der Waals surface area contributed by atoms with Crippen molar-refractivity contribution in [2.45, 2.75) is 64.2 Å². The maximum atomic E-state index is 12.5. The summed E-state index contributed by atoms with van der Waals surface area (Å²) < 4.78 is 1.40. The Morgan fingerprint density at radius 2 is 2.03 bits per heavy atom. The van der Waals surface area contributed by atoms with Crippen molar-refractivity contribution in [2.24, 2.45) is 5.92 Å². The van der Waals surface area contributed by atoms with Crippen molar-refractivity contribution in [3.05, 3.63) is 45.6 Å². The summed E-state index contributed by atoms with van der Waals surface area (Å²) >= 11 is 0. The number of nitrogens with one attached hydrogen (secondary N) is 1. The second-order valence-corrected chi connectivity index (χ2v) is 8.77. The number of piperidine rings is 1. The first-order valence-corrected chi connectivity index (χ1v) is 11.1. The molecule has 0 unspecified atom stereocenters. The van der Waals surface area contributed by atoms with Crippen LogP contribution in [-0.4, -0.2) is 39.3 Å². The molecule has 4 rings (SSSR count). The van der Waals surface area contributed by atoms with Crippen LogP contribution in [0.2, 0.25) is 0 Å². The van der Waals surface area contributed by atoms with Crippen molar-refractivity contribution in [1.82, 2.24) is 19.7 Å². The van der Waals surface area contributed by atoms with Gasteiger partial charge in [0.1, 0.15) is 5.82 Å². The zero-order valence-electron chi connectivity index (χ0n) is 17.4. The summed E-state index contributed by atoms with van der Waals surface area (Å²) in [7, 11) is 0. The number of H-pyrrole nitrogens is 1. The lowest BCUT2D eigenvalue weighted by molar-refractivity contribution is 0.182. The molecule has 1 saturated heterocycles. The van der Waals surface area contributed by atoms with Gasteiger partial charge in [0.15, 0.2) is 0 Å². The third-order valence-corrected chi connectivity index (χ3v) is 6.69. The fourth-order valence-electron chi connectivity index (χ4n) is 4.88. The SMILES string of the molecule is Cc1ccc(-n2nc([C@H]3CCCN(CCC4CCCCC4)C3)[nH]c2=O)cc1C#N. The Morgan fingerprint density at radius 1 is 1.21 bits per heavy atom. The van der Waals surface area contributed by atoms with Crippen LogP contribution in [0.5, 0.6) is 0 Å². The van der Waals surface area contributed by atoms with Gasteiger partial charge in [-0.25, -0.2) is 4.79 Å². The molecule has 2 heterocycles. The van der Waals surface area contributed by atoms with Gasteiger partial charge in [0, 0.05) is 12.5 Å². The molecule has 2 aromatic rings. The maximum Gasteiger partial charge on any atom is 0.348 e. The van der Waals surface area contributed by atoms with Crippen LogP contribution >= 0.6 is 0 Å². The van der Waals surface area contributed by atoms with E-state index in [1.807, 2.05) is 19.1 Å². The summed E-state index contributed by atoms with van der Waals surface area (Å²) in [4.78, 5) is 18.1. The third kappa shape index (κ3) is 4.62. The molecule has 2 aliphatic rings. The molecule has 154 valence electrons. The minimum absolute atomic E-state index is 0.230. The molecule has 0 amide bonds. The van der Waals surface area contributed by atoms with Crippen molar-refractivity contribution in [2.75, 3.05) is 19.6 Å². The molecule has 1 atom stereocenters. The fourth-order valence-corrected chi connectivity index (χ4v) is 4.88. The number of likely N-dealkylation sites (tertiary alicyclic amines) is 1. The van der Waals surface area contributed by atoms with Crippen LogP contribution in [0.4, 0.5) is 0 Å². The highest BCUT2D eigenvalue weighted by molar-refractivity contribution is 5.45. The molecule has 1 aromatic heterocycles. The van der Waals surface area contributed by atoms with Crippen molar-refractivity contribution in [3.63, 3.8) is 0 Å². The number of hydrogen-bond acceptors (Lipinski definition) is 4. The first-order valence-electron chi connectivity index (χ1n) is 11.1. The van der Waals surface area contributed by atoms with Crippen molar-refractivity contribution in [3.8, 4) is 11.8 Å². The first-order chi connectivity index (χ1) is 14.1. The maximum absolute atomic E-state index is 12.5. The van der Waals surface area contributed by atoms with Gasteiger partial charge in [0.05, 0.1) is 17.3 Å². The lowest BCUT2D eigenvalue weighted by Crippen LogP contribution is -2.36. The van der Waals surface area contributed by atoms with E-state index in [-0.39, 0.29) is 11.6 Å². The van der Waals surface area contributed by atoms with Crippen LogP contribution in [-0.2, 0) is 0 Å². The van der Waals surface area contributed by atoms with Gasteiger partial charge in [0.2, 0.25) is 0 Å². The number of aromatic amines is 1. The highest BCUT2D eigenvalue weighted by Gasteiger charge is 2.25. The number of aromatic nitrogens is 3. The van der Waals surface area contributed by atoms with Gasteiger partial charge in [-0.2, -0.15) is 9.94 Å². The number of benzene rings is 1. The van der Waals surface area contributed by atoms with E-state index in [0.717, 1.165) is 49.8 Å². The minimum Gasteiger partial charge on any atom is -0.303 e. The second kappa shape index (κ2) is 8.96. The molecule has 6 heteroatoms. The van der Waals surface area contributed by atoms with E-state index in [9.17, 15) is 10.1 Å². The van der Waals surface area contributed by atoms with Gasteiger partial charge in [-0.3, -0.25) is 4.98 Å². The highest BCUT2D eigenvalue weighted by Crippen LogP contribution is 2.28. The average Bonchev–Trinajstić information content (AvgIpc) is 3.15. The summed E-state index contributed by atoms with van der Waals surface area (Å²) in [5.41, 5.74) is 1.89. The van der Waals surface area contributed by atoms with E-state index >= 15 is 0 Å². The third-order valence-electron chi connectivity index (χ3n) is 6.69. The van der Waals surface area contributed by atoms with E-state index < -0.39 is 0 Å². The lowest BCUT2D eigenvalue weighted by Gasteiger charge is -2.33. The Balaban J connectivity index is 1.44. The minimum atomic E-state index is -0.230. The number of rotatable bonds is 5. The Bertz CT molecular complexity index is 931. The van der Waals surface area contributed by atoms with Gasteiger partial charge in [0.25, 0.3) is 0 Å². The van der Waals surface area contributed by atoms with Crippen LogP contribution in [0.25, 0.3) is 5.69 Å². The van der Waals surface area contributed by atoms with Crippen LogP contribution < -0.4 is 5.69 Å². The van der Waals surface area contributed by atoms with Crippen LogP contribution in [0, 0.1) is 24.2 Å². The van der Waals surface area contributed by atoms with Crippen molar-refractivity contribution < 1.29 is 0 Å². The molecule has 6 nitrogen and oxygen atoms in total. The van der Waals surface area contributed by atoms with Crippen LogP contribution in [0.15, 0.2) is 23.0 Å². The summed E-state index contributed by atoms with van der Waals surface area (Å²) in [6.07, 6.45) is 10.5. The Labute approximate surface area is 172 Å². The molecule has 1 N–H and O–H groups in total. The second-order valence-electron chi connectivity index (χ2n) is 8.77. The van der Waals surface area contributed by atoms with Gasteiger partial charge in [-0.05, 0) is 62.9 Å². The molecule has 0 radical (unpaired) electrons. The standard InChI is InChI=1S/C23H31N5O/c1-17-9-10-21(14-20(17)15-24)28-23(29)25-22(26-28)19-8-5-12-27(16-19)13-11-18-6-3-2-4-7-18/h9-10,14,18-19H,2-8,11-13,16H2,1H3,(H,25,26,29)/t19-/m0/s1. The Morgan fingerprint density at radius 3 is 2.83 bits per heavy atom. The zero-order valence-corrected chi connectivity index (χ0v) is 17.4. The topological polar surface area (TPSA) is 77.7 Å². The predicted octanol–water partition coefficient (Wildman–Crippen LogP) is 3.89. The Hall–Kier alpha value is -2.39. The van der Waals surface area contributed by atoms with Crippen molar-refractivity contribution >= 4 is 0 Å². The van der Waals surface area contributed by atoms with Crippen LogP contribution in [0.1, 0.15) is 74.2 Å². The van der Waals surface area contributed by atoms with E-state index in [2.05, 4.69) is 21.1 Å². The van der Waals surface area contributed by atoms with E-state index in [0.29, 0.717) is 11.3 Å². The normalized spacial score (nSPS) is 21.2.